The fourth-order valence-electron chi connectivity index (χ4n) is 1.36. The SMILES string of the molecule is COCCCC(N)c1ccc(I)c(Cl)c1. The fourth-order valence-corrected chi connectivity index (χ4v) is 1.88. The molecule has 1 rings (SSSR count). The summed E-state index contributed by atoms with van der Waals surface area (Å²) < 4.78 is 6.05. The van der Waals surface area contributed by atoms with Gasteiger partial charge in [0.15, 0.2) is 0 Å². The van der Waals surface area contributed by atoms with Crippen molar-refractivity contribution in [2.24, 2.45) is 5.73 Å². The molecule has 2 nitrogen and oxygen atoms in total. The minimum absolute atomic E-state index is 0.0506. The molecule has 84 valence electrons. The van der Waals surface area contributed by atoms with Crippen LogP contribution >= 0.6 is 34.2 Å². The highest BCUT2D eigenvalue weighted by Gasteiger charge is 2.07. The molecule has 0 saturated carbocycles. The predicted molar refractivity (Wildman–Crippen MR) is 72.2 cm³/mol. The van der Waals surface area contributed by atoms with Gasteiger partial charge in [0, 0.05) is 23.3 Å². The van der Waals surface area contributed by atoms with Crippen molar-refractivity contribution in [2.45, 2.75) is 18.9 Å². The maximum atomic E-state index is 6.04. The lowest BCUT2D eigenvalue weighted by Crippen LogP contribution is -2.11. The lowest BCUT2D eigenvalue weighted by molar-refractivity contribution is 0.190. The first kappa shape index (κ1) is 13.2. The maximum absolute atomic E-state index is 6.04. The predicted octanol–water partition coefficient (Wildman–Crippen LogP) is 3.37. The van der Waals surface area contributed by atoms with Crippen molar-refractivity contribution < 1.29 is 4.74 Å². The average Bonchev–Trinajstić information content (AvgIpc) is 2.22. The van der Waals surface area contributed by atoms with Gasteiger partial charge in [-0.05, 0) is 53.1 Å². The molecule has 0 aliphatic rings. The van der Waals surface area contributed by atoms with Crippen LogP contribution in [0.15, 0.2) is 18.2 Å². The molecule has 1 atom stereocenters. The molecule has 0 fully saturated rings. The number of halogens is 2. The van der Waals surface area contributed by atoms with Gasteiger partial charge in [0.1, 0.15) is 0 Å². The van der Waals surface area contributed by atoms with Crippen molar-refractivity contribution in [3.8, 4) is 0 Å². The summed E-state index contributed by atoms with van der Waals surface area (Å²) in [4.78, 5) is 0. The molecule has 0 aliphatic heterocycles. The first-order chi connectivity index (χ1) is 7.15. The topological polar surface area (TPSA) is 35.2 Å². The van der Waals surface area contributed by atoms with Crippen LogP contribution in [0.1, 0.15) is 24.4 Å². The summed E-state index contributed by atoms with van der Waals surface area (Å²) in [6.07, 6.45) is 1.89. The average molecular weight is 340 g/mol. The summed E-state index contributed by atoms with van der Waals surface area (Å²) in [5, 5.41) is 0.773. The van der Waals surface area contributed by atoms with Crippen LogP contribution in [0.2, 0.25) is 5.02 Å². The Hall–Kier alpha value is 0.160. The van der Waals surface area contributed by atoms with Crippen LogP contribution in [0.4, 0.5) is 0 Å². The molecule has 1 aromatic rings. The molecule has 0 radical (unpaired) electrons. The summed E-state index contributed by atoms with van der Waals surface area (Å²) in [6, 6.07) is 6.02. The second-order valence-electron chi connectivity index (χ2n) is 3.42. The maximum Gasteiger partial charge on any atom is 0.0542 e. The van der Waals surface area contributed by atoms with Crippen molar-refractivity contribution in [3.05, 3.63) is 32.4 Å². The summed E-state index contributed by atoms with van der Waals surface area (Å²) in [5.41, 5.74) is 7.13. The van der Waals surface area contributed by atoms with Crippen molar-refractivity contribution in [2.75, 3.05) is 13.7 Å². The Kier molecular flexibility index (Phi) is 5.89. The number of rotatable bonds is 5. The van der Waals surface area contributed by atoms with Crippen LogP contribution in [-0.2, 0) is 4.74 Å². The van der Waals surface area contributed by atoms with Crippen LogP contribution in [0.3, 0.4) is 0 Å². The molecule has 0 heterocycles. The summed E-state index contributed by atoms with van der Waals surface area (Å²) in [5.74, 6) is 0. The zero-order valence-electron chi connectivity index (χ0n) is 8.67. The smallest absolute Gasteiger partial charge is 0.0542 e. The lowest BCUT2D eigenvalue weighted by Gasteiger charge is -2.12. The third-order valence-corrected chi connectivity index (χ3v) is 3.81. The molecule has 1 aromatic carbocycles. The quantitative estimate of drug-likeness (QED) is 0.659. The Morgan fingerprint density at radius 1 is 1.53 bits per heavy atom. The monoisotopic (exact) mass is 339 g/mol. The van der Waals surface area contributed by atoms with Gasteiger partial charge in [0.05, 0.1) is 5.02 Å². The van der Waals surface area contributed by atoms with E-state index in [1.54, 1.807) is 7.11 Å². The molecule has 2 N–H and O–H groups in total. The molecule has 15 heavy (non-hydrogen) atoms. The van der Waals surface area contributed by atoms with E-state index in [9.17, 15) is 0 Å². The second-order valence-corrected chi connectivity index (χ2v) is 4.98. The van der Waals surface area contributed by atoms with Crippen LogP contribution in [-0.4, -0.2) is 13.7 Å². The molecule has 0 spiro atoms. The first-order valence-corrected chi connectivity index (χ1v) is 6.30. The van der Waals surface area contributed by atoms with Gasteiger partial charge in [0.25, 0.3) is 0 Å². The largest absolute Gasteiger partial charge is 0.385 e. The Morgan fingerprint density at radius 3 is 2.87 bits per heavy atom. The number of hydrogen-bond acceptors (Lipinski definition) is 2. The van der Waals surface area contributed by atoms with Gasteiger partial charge < -0.3 is 10.5 Å². The fraction of sp³-hybridized carbons (Fsp3) is 0.455. The van der Waals surface area contributed by atoms with E-state index in [-0.39, 0.29) is 6.04 Å². The number of ether oxygens (including phenoxy) is 1. The number of methoxy groups -OCH3 is 1. The molecule has 0 aromatic heterocycles. The molecule has 4 heteroatoms. The Bertz CT molecular complexity index is 319. The minimum atomic E-state index is 0.0506. The Labute approximate surface area is 109 Å². The van der Waals surface area contributed by atoms with Crippen LogP contribution < -0.4 is 5.73 Å². The molecule has 0 aliphatic carbocycles. The highest BCUT2D eigenvalue weighted by Crippen LogP contribution is 2.24. The van der Waals surface area contributed by atoms with E-state index in [1.807, 2.05) is 18.2 Å². The molecular weight excluding hydrogens is 324 g/mol. The summed E-state index contributed by atoms with van der Waals surface area (Å²) in [6.45, 7) is 0.756. The number of benzene rings is 1. The normalized spacial score (nSPS) is 12.8. The van der Waals surface area contributed by atoms with Crippen LogP contribution in [0.5, 0.6) is 0 Å². The van der Waals surface area contributed by atoms with E-state index >= 15 is 0 Å². The van der Waals surface area contributed by atoms with Crippen molar-refractivity contribution >= 4 is 34.2 Å². The third kappa shape index (κ3) is 4.26. The highest BCUT2D eigenvalue weighted by molar-refractivity contribution is 14.1. The van der Waals surface area contributed by atoms with Gasteiger partial charge in [-0.15, -0.1) is 0 Å². The standard InChI is InChI=1S/C11H15ClINO/c1-15-6-2-3-11(14)8-4-5-10(13)9(12)7-8/h4-5,7,11H,2-3,6,14H2,1H3. The number of hydrogen-bond donors (Lipinski definition) is 1. The van der Waals surface area contributed by atoms with Gasteiger partial charge in [-0.1, -0.05) is 17.7 Å². The van der Waals surface area contributed by atoms with E-state index in [4.69, 9.17) is 22.1 Å². The van der Waals surface area contributed by atoms with Gasteiger partial charge in [-0.25, -0.2) is 0 Å². The summed E-state index contributed by atoms with van der Waals surface area (Å²) in [7, 11) is 1.70. The van der Waals surface area contributed by atoms with E-state index in [0.717, 1.165) is 33.6 Å². The van der Waals surface area contributed by atoms with E-state index in [2.05, 4.69) is 22.6 Å². The van der Waals surface area contributed by atoms with Crippen LogP contribution in [0.25, 0.3) is 0 Å². The lowest BCUT2D eigenvalue weighted by atomic mass is 10.0. The molecule has 1 unspecified atom stereocenters. The number of nitrogens with two attached hydrogens (primary N) is 1. The van der Waals surface area contributed by atoms with Gasteiger partial charge in [-0.3, -0.25) is 0 Å². The van der Waals surface area contributed by atoms with E-state index < -0.39 is 0 Å². The van der Waals surface area contributed by atoms with Gasteiger partial charge in [0.2, 0.25) is 0 Å². The summed E-state index contributed by atoms with van der Waals surface area (Å²) >= 11 is 8.24. The zero-order valence-corrected chi connectivity index (χ0v) is 11.6. The molecule has 0 amide bonds. The Balaban J connectivity index is 2.57. The van der Waals surface area contributed by atoms with Crippen molar-refractivity contribution in [1.29, 1.82) is 0 Å². The highest BCUT2D eigenvalue weighted by atomic mass is 127. The third-order valence-electron chi connectivity index (χ3n) is 2.24. The minimum Gasteiger partial charge on any atom is -0.385 e. The van der Waals surface area contributed by atoms with Crippen molar-refractivity contribution in [3.63, 3.8) is 0 Å². The second kappa shape index (κ2) is 6.68. The van der Waals surface area contributed by atoms with E-state index in [0.29, 0.717) is 0 Å². The molecule has 0 bridgehead atoms. The molecular formula is C11H15ClINO. The Morgan fingerprint density at radius 2 is 2.27 bits per heavy atom. The zero-order chi connectivity index (χ0) is 11.3. The molecule has 0 saturated heterocycles. The van der Waals surface area contributed by atoms with E-state index in [1.165, 1.54) is 0 Å². The first-order valence-electron chi connectivity index (χ1n) is 4.84. The van der Waals surface area contributed by atoms with Gasteiger partial charge in [-0.2, -0.15) is 0 Å². The van der Waals surface area contributed by atoms with Crippen molar-refractivity contribution in [1.82, 2.24) is 0 Å². The van der Waals surface area contributed by atoms with Gasteiger partial charge >= 0.3 is 0 Å². The van der Waals surface area contributed by atoms with Crippen LogP contribution in [0, 0.1) is 3.57 Å².